The first-order chi connectivity index (χ1) is 8.51. The zero-order valence-electron chi connectivity index (χ0n) is 13.3. The summed E-state index contributed by atoms with van der Waals surface area (Å²) < 4.78 is 1.62. The predicted octanol–water partition coefficient (Wildman–Crippen LogP) is 3.93. The molecule has 0 rings (SSSR count). The summed E-state index contributed by atoms with van der Waals surface area (Å²) in [6, 6.07) is 0. The molecule has 0 amide bonds. The maximum absolute atomic E-state index is 11.0. The second kappa shape index (κ2) is 10.3. The quantitative estimate of drug-likeness (QED) is 0.585. The summed E-state index contributed by atoms with van der Waals surface area (Å²) in [5, 5.41) is 11.0. The molecule has 0 aromatic carbocycles. The molecule has 0 fully saturated rings. The van der Waals surface area contributed by atoms with Gasteiger partial charge in [0.2, 0.25) is 0 Å². The van der Waals surface area contributed by atoms with E-state index in [0.29, 0.717) is 22.5 Å². The van der Waals surface area contributed by atoms with E-state index in [-0.39, 0.29) is 0 Å². The van der Waals surface area contributed by atoms with Crippen LogP contribution in [0.25, 0.3) is 0 Å². The molecule has 0 aliphatic rings. The number of unbranched alkanes of at least 4 members (excludes halogenated alkanes) is 3. The zero-order valence-corrected chi connectivity index (χ0v) is 19.0. The van der Waals surface area contributed by atoms with Gasteiger partial charge in [0.05, 0.1) is 0 Å². The van der Waals surface area contributed by atoms with Crippen LogP contribution < -0.4 is 0 Å². The molecule has 1 nitrogen and oxygen atoms in total. The van der Waals surface area contributed by atoms with Gasteiger partial charge >= 0.3 is 128 Å². The van der Waals surface area contributed by atoms with Crippen molar-refractivity contribution in [2.24, 2.45) is 0 Å². The number of aliphatic hydroxyl groups is 1. The van der Waals surface area contributed by atoms with Crippen LogP contribution in [-0.4, -0.2) is 33.2 Å². The van der Waals surface area contributed by atoms with E-state index < -0.39 is 5.60 Å². The molecule has 0 saturated carbocycles. The van der Waals surface area contributed by atoms with Gasteiger partial charge in [-0.15, -0.1) is 0 Å². The van der Waals surface area contributed by atoms with Gasteiger partial charge in [-0.2, -0.15) is 0 Å². The molecule has 0 saturated heterocycles. The van der Waals surface area contributed by atoms with Crippen LogP contribution in [-0.2, 0) is 0 Å². The van der Waals surface area contributed by atoms with Crippen LogP contribution in [0.4, 0.5) is 0 Å². The standard InChI is InChI=1S/C16H31O.Sn.3H/c1-5-8-11-12-15(4)16(17,13-9-6-2)14-10-7-3;;;;/h17H,5-11,13-14H2,1-4H3;;;;. The fourth-order valence-electron chi connectivity index (χ4n) is 2.47. The summed E-state index contributed by atoms with van der Waals surface area (Å²) in [6.45, 7) is 8.87. The molecule has 0 heterocycles. The van der Waals surface area contributed by atoms with Gasteiger partial charge in [-0.3, -0.25) is 0 Å². The summed E-state index contributed by atoms with van der Waals surface area (Å²) in [5.41, 5.74) is 0.856. The van der Waals surface area contributed by atoms with E-state index in [4.69, 9.17) is 0 Å². The third kappa shape index (κ3) is 6.60. The van der Waals surface area contributed by atoms with Crippen molar-refractivity contribution in [1.29, 1.82) is 0 Å². The molecular formula is C16H34OSn. The van der Waals surface area contributed by atoms with E-state index in [1.807, 2.05) is 0 Å². The Bertz CT molecular complexity index is 237. The molecule has 0 unspecified atom stereocenters. The van der Waals surface area contributed by atoms with Crippen LogP contribution in [0.2, 0.25) is 0 Å². The fourth-order valence-corrected chi connectivity index (χ4v) is 4.80. The van der Waals surface area contributed by atoms with E-state index in [1.165, 1.54) is 37.7 Å². The minimum atomic E-state index is -0.485. The monoisotopic (exact) mass is 362 g/mol. The Morgan fingerprint density at radius 3 is 1.78 bits per heavy atom. The summed E-state index contributed by atoms with van der Waals surface area (Å²) >= 11 is 0.543. The normalized spacial score (nSPS) is 13.8. The maximum atomic E-state index is 11.0. The van der Waals surface area contributed by atoms with Gasteiger partial charge in [-0.05, 0) is 0 Å². The Morgan fingerprint density at radius 2 is 1.39 bits per heavy atom. The molecule has 108 valence electrons. The van der Waals surface area contributed by atoms with E-state index in [1.54, 1.807) is 3.59 Å². The Kier molecular flexibility index (Phi) is 10.6. The van der Waals surface area contributed by atoms with Gasteiger partial charge in [0.15, 0.2) is 0 Å². The Labute approximate surface area is 128 Å². The molecule has 0 spiro atoms. The Hall–Kier alpha value is 0.499. The Balaban J connectivity index is 4.79. The van der Waals surface area contributed by atoms with Crippen molar-refractivity contribution >= 4 is 22.5 Å². The molecule has 0 bridgehead atoms. The SMILES string of the molecule is CCCC[C]([SnH3])=C(C)C(O)(CCCC)CCCC. The van der Waals surface area contributed by atoms with Gasteiger partial charge in [0.25, 0.3) is 0 Å². The van der Waals surface area contributed by atoms with Gasteiger partial charge in [0.1, 0.15) is 0 Å². The van der Waals surface area contributed by atoms with Crippen molar-refractivity contribution < 1.29 is 5.11 Å². The van der Waals surface area contributed by atoms with Gasteiger partial charge in [-0.25, -0.2) is 0 Å². The van der Waals surface area contributed by atoms with Gasteiger partial charge in [0, 0.05) is 0 Å². The third-order valence-electron chi connectivity index (χ3n) is 4.13. The fraction of sp³-hybridized carbons (Fsp3) is 0.875. The third-order valence-corrected chi connectivity index (χ3v) is 7.70. The zero-order chi connectivity index (χ0) is 14.0. The van der Waals surface area contributed by atoms with E-state index in [9.17, 15) is 5.11 Å². The first kappa shape index (κ1) is 18.5. The summed E-state index contributed by atoms with van der Waals surface area (Å²) in [5.74, 6) is 0. The summed E-state index contributed by atoms with van der Waals surface area (Å²) in [4.78, 5) is 0. The predicted molar refractivity (Wildman–Crippen MR) is 86.2 cm³/mol. The van der Waals surface area contributed by atoms with Crippen molar-refractivity contribution in [3.8, 4) is 0 Å². The van der Waals surface area contributed by atoms with Crippen LogP contribution in [0.1, 0.15) is 85.5 Å². The number of allylic oxidation sites excluding steroid dienone is 1. The van der Waals surface area contributed by atoms with Gasteiger partial charge < -0.3 is 0 Å². The van der Waals surface area contributed by atoms with Crippen LogP contribution in [0.3, 0.4) is 0 Å². The van der Waals surface area contributed by atoms with E-state index in [0.717, 1.165) is 25.7 Å². The number of hydrogen-bond donors (Lipinski definition) is 1. The van der Waals surface area contributed by atoms with Crippen LogP contribution in [0.5, 0.6) is 0 Å². The molecule has 1 N–H and O–H groups in total. The topological polar surface area (TPSA) is 20.2 Å². The number of hydrogen-bond acceptors (Lipinski definition) is 1. The van der Waals surface area contributed by atoms with E-state index in [2.05, 4.69) is 27.7 Å². The molecule has 0 atom stereocenters. The van der Waals surface area contributed by atoms with Crippen LogP contribution in [0, 0.1) is 0 Å². The average Bonchev–Trinajstić information content (AvgIpc) is 2.39. The minimum absolute atomic E-state index is 0.485. The molecule has 0 aromatic heterocycles. The van der Waals surface area contributed by atoms with Crippen LogP contribution in [0.15, 0.2) is 9.16 Å². The van der Waals surface area contributed by atoms with Crippen molar-refractivity contribution in [1.82, 2.24) is 0 Å². The first-order valence-electron chi connectivity index (χ1n) is 7.91. The summed E-state index contributed by atoms with van der Waals surface area (Å²) in [7, 11) is 0. The average molecular weight is 361 g/mol. The first-order valence-corrected chi connectivity index (χ1v) is 10.8. The van der Waals surface area contributed by atoms with Crippen molar-refractivity contribution in [3.63, 3.8) is 0 Å². The van der Waals surface area contributed by atoms with Gasteiger partial charge in [-0.1, -0.05) is 0 Å². The molecule has 0 aliphatic carbocycles. The molecule has 2 heteroatoms. The molecule has 18 heavy (non-hydrogen) atoms. The summed E-state index contributed by atoms with van der Waals surface area (Å²) in [6.07, 6.45) is 10.4. The van der Waals surface area contributed by atoms with Crippen LogP contribution >= 0.6 is 0 Å². The molecule has 0 aromatic rings. The second-order valence-corrected chi connectivity index (χ2v) is 9.19. The molecule has 0 aliphatic heterocycles. The van der Waals surface area contributed by atoms with Crippen molar-refractivity contribution in [2.75, 3.05) is 0 Å². The van der Waals surface area contributed by atoms with Crippen molar-refractivity contribution in [2.45, 2.75) is 91.1 Å². The Morgan fingerprint density at radius 1 is 0.944 bits per heavy atom. The molecule has 0 radical (unpaired) electrons. The van der Waals surface area contributed by atoms with E-state index >= 15 is 0 Å². The second-order valence-electron chi connectivity index (χ2n) is 5.75. The number of rotatable bonds is 10. The molecular weight excluding hydrogens is 327 g/mol. The van der Waals surface area contributed by atoms with Crippen molar-refractivity contribution in [3.05, 3.63) is 9.16 Å².